The maximum Gasteiger partial charge on any atom is 0.410 e. The van der Waals surface area contributed by atoms with Crippen LogP contribution in [0.1, 0.15) is 79.6 Å². The normalized spacial score (nSPS) is 25.4. The van der Waals surface area contributed by atoms with Crippen molar-refractivity contribution in [3.63, 3.8) is 0 Å². The summed E-state index contributed by atoms with van der Waals surface area (Å²) in [4.78, 5) is 18.7. The van der Waals surface area contributed by atoms with Crippen LogP contribution in [0, 0.1) is 5.92 Å². The fraction of sp³-hybridized carbons (Fsp3) is 0.733. The number of carbonyl (C=O) groups excluding carboxylic acids is 1. The molecule has 3 aliphatic rings. The summed E-state index contributed by atoms with van der Waals surface area (Å²) in [6.45, 7) is 10.3. The van der Waals surface area contributed by atoms with E-state index >= 15 is 4.39 Å². The fourth-order valence-corrected chi connectivity index (χ4v) is 7.23. The molecular formula is C30H48FN3O6S. The lowest BCUT2D eigenvalue weighted by molar-refractivity contribution is 0.00749. The number of aliphatic imine (C=N–C) groups is 1. The van der Waals surface area contributed by atoms with Crippen molar-refractivity contribution in [1.82, 2.24) is 10.2 Å². The number of amides is 1. The summed E-state index contributed by atoms with van der Waals surface area (Å²) in [5, 5.41) is 2.84. The molecule has 3 rings (SSSR count). The van der Waals surface area contributed by atoms with Crippen LogP contribution in [-0.2, 0) is 24.0 Å². The van der Waals surface area contributed by atoms with Crippen LogP contribution in [0.5, 0.6) is 0 Å². The standard InChI is InChI=1S/C30H48FN3O6S/c1-7-10-25(41(36,37)24-11-9-12-24)19-22(31)20-33-26-21(8-2)13-16-32-28(27(26)38-6)39-23-14-17-34(18-15-23)29(35)40-30(3,4)5/h10,13,16,19,21,23-24,26-27,33H,7-9,11-12,14-15,17-18,20H2,1-6H3. The van der Waals surface area contributed by atoms with E-state index in [1.54, 1.807) is 24.3 Å². The van der Waals surface area contributed by atoms with Crippen LogP contribution < -0.4 is 5.32 Å². The van der Waals surface area contributed by atoms with Gasteiger partial charge in [0, 0.05) is 51.8 Å². The van der Waals surface area contributed by atoms with Crippen molar-refractivity contribution in [1.29, 1.82) is 0 Å². The van der Waals surface area contributed by atoms with Crippen LogP contribution in [0.4, 0.5) is 9.18 Å². The second-order valence-electron chi connectivity index (χ2n) is 11.9. The Balaban J connectivity index is 1.66. The van der Waals surface area contributed by atoms with Crippen LogP contribution in [0.25, 0.3) is 0 Å². The number of hydrogen-bond acceptors (Lipinski definition) is 8. The monoisotopic (exact) mass is 597 g/mol. The third-order valence-corrected chi connectivity index (χ3v) is 9.99. The molecule has 3 atom stereocenters. The second kappa shape index (κ2) is 14.8. The first-order valence-electron chi connectivity index (χ1n) is 14.8. The average Bonchev–Trinajstić information content (AvgIpc) is 3.03. The van der Waals surface area contributed by atoms with E-state index in [9.17, 15) is 13.2 Å². The van der Waals surface area contributed by atoms with Gasteiger partial charge in [-0.1, -0.05) is 32.4 Å². The molecule has 2 fully saturated rings. The molecule has 1 N–H and O–H groups in total. The highest BCUT2D eigenvalue weighted by atomic mass is 32.2. The van der Waals surface area contributed by atoms with Crippen molar-refractivity contribution in [2.75, 3.05) is 26.7 Å². The summed E-state index contributed by atoms with van der Waals surface area (Å²) in [5.41, 5.74) is -0.553. The van der Waals surface area contributed by atoms with Crippen LogP contribution in [-0.4, -0.2) is 81.2 Å². The molecule has 1 aliphatic carbocycles. The minimum absolute atomic E-state index is 0.0176. The summed E-state index contributed by atoms with van der Waals surface area (Å²) in [6, 6.07) is -0.356. The predicted octanol–water partition coefficient (Wildman–Crippen LogP) is 5.44. The van der Waals surface area contributed by atoms with Crippen molar-refractivity contribution >= 4 is 21.8 Å². The molecule has 0 aromatic rings. The second-order valence-corrected chi connectivity index (χ2v) is 14.2. The molecule has 1 saturated carbocycles. The number of piperidine rings is 1. The van der Waals surface area contributed by atoms with Crippen molar-refractivity contribution in [2.45, 2.75) is 109 Å². The van der Waals surface area contributed by atoms with Crippen molar-refractivity contribution in [3.8, 4) is 0 Å². The summed E-state index contributed by atoms with van der Waals surface area (Å²) < 4.78 is 58.8. The topological polar surface area (TPSA) is 107 Å². The van der Waals surface area contributed by atoms with Crippen LogP contribution >= 0.6 is 0 Å². The molecule has 1 saturated heterocycles. The number of carbonyl (C=O) groups is 1. The number of allylic oxidation sites excluding steroid dienone is 2. The lowest BCUT2D eigenvalue weighted by Gasteiger charge is -2.35. The molecule has 0 radical (unpaired) electrons. The van der Waals surface area contributed by atoms with Gasteiger partial charge in [0.05, 0.1) is 10.2 Å². The molecule has 0 bridgehead atoms. The summed E-state index contributed by atoms with van der Waals surface area (Å²) in [7, 11) is -1.97. The van der Waals surface area contributed by atoms with Crippen molar-refractivity contribution in [2.24, 2.45) is 10.9 Å². The van der Waals surface area contributed by atoms with E-state index in [2.05, 4.69) is 10.3 Å². The average molecular weight is 598 g/mol. The molecule has 0 aromatic carbocycles. The molecule has 232 valence electrons. The number of nitrogens with one attached hydrogen (secondary N) is 1. The van der Waals surface area contributed by atoms with Gasteiger partial charge < -0.3 is 24.4 Å². The lowest BCUT2D eigenvalue weighted by atomic mass is 9.92. The quantitative estimate of drug-likeness (QED) is 0.334. The Morgan fingerprint density at radius 1 is 1.20 bits per heavy atom. The van der Waals surface area contributed by atoms with Crippen LogP contribution in [0.3, 0.4) is 0 Å². The zero-order valence-corrected chi connectivity index (χ0v) is 26.2. The first kappa shape index (κ1) is 33.3. The van der Waals surface area contributed by atoms with Crippen molar-refractivity contribution in [3.05, 3.63) is 35.2 Å². The van der Waals surface area contributed by atoms with E-state index in [4.69, 9.17) is 14.2 Å². The van der Waals surface area contributed by atoms with E-state index in [-0.39, 0.29) is 35.6 Å². The Morgan fingerprint density at radius 2 is 1.88 bits per heavy atom. The lowest BCUT2D eigenvalue weighted by Crippen LogP contribution is -2.51. The Kier molecular flexibility index (Phi) is 12.0. The van der Waals surface area contributed by atoms with Gasteiger partial charge in [-0.25, -0.2) is 22.6 Å². The Morgan fingerprint density at radius 3 is 2.41 bits per heavy atom. The molecule has 0 aromatic heterocycles. The number of nitrogens with zero attached hydrogens (tertiary/aromatic N) is 2. The Labute approximate surface area is 245 Å². The zero-order chi connectivity index (χ0) is 30.2. The number of ether oxygens (including phenoxy) is 3. The fourth-order valence-electron chi connectivity index (χ4n) is 5.20. The van der Waals surface area contributed by atoms with Crippen LogP contribution in [0.2, 0.25) is 0 Å². The molecule has 0 spiro atoms. The molecule has 3 unspecified atom stereocenters. The molecule has 41 heavy (non-hydrogen) atoms. The smallest absolute Gasteiger partial charge is 0.410 e. The molecule has 2 heterocycles. The van der Waals surface area contributed by atoms with E-state index in [1.165, 1.54) is 0 Å². The van der Waals surface area contributed by atoms with Gasteiger partial charge in [-0.15, -0.1) is 0 Å². The first-order chi connectivity index (χ1) is 19.4. The van der Waals surface area contributed by atoms with E-state index in [1.807, 2.05) is 40.7 Å². The number of rotatable bonds is 10. The largest absolute Gasteiger partial charge is 0.475 e. The minimum atomic E-state index is -3.54. The maximum atomic E-state index is 15.2. The van der Waals surface area contributed by atoms with Gasteiger partial charge >= 0.3 is 6.09 Å². The van der Waals surface area contributed by atoms with Gasteiger partial charge in [-0.05, 0) is 58.4 Å². The third kappa shape index (κ3) is 9.12. The first-order valence-corrected chi connectivity index (χ1v) is 16.4. The Bertz CT molecular complexity index is 1120. The number of hydrogen-bond donors (Lipinski definition) is 1. The zero-order valence-electron chi connectivity index (χ0n) is 25.4. The van der Waals surface area contributed by atoms with E-state index in [0.29, 0.717) is 51.1 Å². The van der Waals surface area contributed by atoms with Gasteiger partial charge in [0.15, 0.2) is 9.84 Å². The minimum Gasteiger partial charge on any atom is -0.475 e. The molecular weight excluding hydrogens is 549 g/mol. The highest BCUT2D eigenvalue weighted by Crippen LogP contribution is 2.32. The third-order valence-electron chi connectivity index (χ3n) is 7.70. The molecule has 2 aliphatic heterocycles. The predicted molar refractivity (Wildman–Crippen MR) is 159 cm³/mol. The summed E-state index contributed by atoms with van der Waals surface area (Å²) in [5.74, 6) is -0.174. The van der Waals surface area contributed by atoms with Gasteiger partial charge in [0.25, 0.3) is 0 Å². The maximum absolute atomic E-state index is 15.2. The molecule has 1 amide bonds. The Hall–Kier alpha value is -2.24. The van der Waals surface area contributed by atoms with Gasteiger partial charge in [0.2, 0.25) is 5.90 Å². The number of likely N-dealkylation sites (tertiary alicyclic amines) is 1. The highest BCUT2D eigenvalue weighted by Gasteiger charge is 2.37. The SMILES string of the molecule is CCC=C(C=C(F)CNC1C(CC)C=CN=C(OC2CCN(C(=O)OC(C)(C)C)CC2)C1OC)S(=O)(=O)C1CCC1. The molecule has 11 heteroatoms. The summed E-state index contributed by atoms with van der Waals surface area (Å²) in [6.07, 6.45) is 9.96. The van der Waals surface area contributed by atoms with E-state index < -0.39 is 32.6 Å². The highest BCUT2D eigenvalue weighted by molar-refractivity contribution is 7.96. The van der Waals surface area contributed by atoms with Gasteiger partial charge in [-0.2, -0.15) is 0 Å². The van der Waals surface area contributed by atoms with E-state index in [0.717, 1.165) is 18.9 Å². The molecule has 9 nitrogen and oxygen atoms in total. The van der Waals surface area contributed by atoms with Crippen molar-refractivity contribution < 1.29 is 31.8 Å². The number of halogens is 1. The van der Waals surface area contributed by atoms with Crippen LogP contribution in [0.15, 0.2) is 40.2 Å². The summed E-state index contributed by atoms with van der Waals surface area (Å²) >= 11 is 0. The van der Waals surface area contributed by atoms with Gasteiger partial charge in [0.1, 0.15) is 23.6 Å². The number of methoxy groups -OCH3 is 1. The number of sulfone groups is 1. The van der Waals surface area contributed by atoms with Gasteiger partial charge in [-0.3, -0.25) is 0 Å².